The number of carbonyl (C=O) groups is 2. The minimum Gasteiger partial charge on any atom is -0.495 e. The molecule has 108 valence electrons. The van der Waals surface area contributed by atoms with Gasteiger partial charge in [-0.1, -0.05) is 0 Å². The van der Waals surface area contributed by atoms with Crippen molar-refractivity contribution in [3.05, 3.63) is 22.7 Å². The van der Waals surface area contributed by atoms with Crippen molar-refractivity contribution in [3.8, 4) is 5.75 Å². The molecule has 5 nitrogen and oxygen atoms in total. The minimum atomic E-state index is -0.504. The third-order valence-electron chi connectivity index (χ3n) is 3.19. The maximum Gasteiger partial charge on any atom is 0.252 e. The first-order chi connectivity index (χ1) is 9.43. The van der Waals surface area contributed by atoms with Gasteiger partial charge in [0.2, 0.25) is 5.91 Å². The number of anilines is 1. The van der Waals surface area contributed by atoms with Crippen molar-refractivity contribution in [2.75, 3.05) is 12.4 Å². The van der Waals surface area contributed by atoms with Gasteiger partial charge >= 0.3 is 0 Å². The largest absolute Gasteiger partial charge is 0.495 e. The van der Waals surface area contributed by atoms with E-state index in [1.165, 1.54) is 4.90 Å². The summed E-state index contributed by atoms with van der Waals surface area (Å²) in [5.41, 5.74) is 0.752. The van der Waals surface area contributed by atoms with Crippen LogP contribution in [-0.2, 0) is 9.59 Å². The Morgan fingerprint density at radius 1 is 1.40 bits per heavy atom. The van der Waals surface area contributed by atoms with E-state index < -0.39 is 6.04 Å². The van der Waals surface area contributed by atoms with E-state index in [1.807, 2.05) is 26.0 Å². The average molecular weight is 341 g/mol. The number of carbonyl (C=O) groups excluding carboxylic acids is 2. The van der Waals surface area contributed by atoms with Gasteiger partial charge in [-0.3, -0.25) is 14.5 Å². The third-order valence-corrected chi connectivity index (χ3v) is 3.85. The molecule has 1 N–H and O–H groups in total. The fraction of sp³-hybridized carbons (Fsp3) is 0.429. The van der Waals surface area contributed by atoms with Crippen molar-refractivity contribution < 1.29 is 14.3 Å². The number of rotatable bonds is 4. The number of hydrogen-bond acceptors (Lipinski definition) is 4. The number of hydrogen-bond donors (Lipinski definition) is 1. The highest BCUT2D eigenvalue weighted by Crippen LogP contribution is 2.29. The summed E-state index contributed by atoms with van der Waals surface area (Å²) in [6.07, 6.45) is 0.190. The van der Waals surface area contributed by atoms with Crippen LogP contribution >= 0.6 is 15.9 Å². The number of benzene rings is 1. The van der Waals surface area contributed by atoms with Gasteiger partial charge in [0.05, 0.1) is 18.0 Å². The summed E-state index contributed by atoms with van der Waals surface area (Å²) in [7, 11) is 1.58. The monoisotopic (exact) mass is 340 g/mol. The van der Waals surface area contributed by atoms with Crippen LogP contribution < -0.4 is 10.1 Å². The van der Waals surface area contributed by atoms with E-state index in [2.05, 4.69) is 21.2 Å². The molecule has 0 aliphatic carbocycles. The Morgan fingerprint density at radius 2 is 2.10 bits per heavy atom. The van der Waals surface area contributed by atoms with Crippen LogP contribution in [0, 0.1) is 0 Å². The quantitative estimate of drug-likeness (QED) is 0.855. The Morgan fingerprint density at radius 3 is 2.65 bits per heavy atom. The molecule has 0 bridgehead atoms. The molecule has 6 heteroatoms. The summed E-state index contributed by atoms with van der Waals surface area (Å²) in [4.78, 5) is 25.3. The second-order valence-electron chi connectivity index (χ2n) is 4.95. The molecule has 1 heterocycles. The molecule has 1 aliphatic rings. The number of amides is 2. The van der Waals surface area contributed by atoms with E-state index in [1.54, 1.807) is 13.2 Å². The van der Waals surface area contributed by atoms with Crippen LogP contribution in [0.15, 0.2) is 22.7 Å². The molecule has 1 aromatic carbocycles. The first kappa shape index (κ1) is 14.8. The number of methoxy groups -OCH3 is 1. The summed E-state index contributed by atoms with van der Waals surface area (Å²) in [5.74, 6) is 0.367. The van der Waals surface area contributed by atoms with Crippen molar-refractivity contribution in [1.82, 2.24) is 4.90 Å². The first-order valence-corrected chi connectivity index (χ1v) is 7.19. The number of imide groups is 1. The van der Waals surface area contributed by atoms with Gasteiger partial charge in [0, 0.05) is 17.8 Å². The zero-order chi connectivity index (χ0) is 14.9. The fourth-order valence-corrected chi connectivity index (χ4v) is 2.67. The summed E-state index contributed by atoms with van der Waals surface area (Å²) >= 11 is 3.37. The van der Waals surface area contributed by atoms with Crippen LogP contribution in [-0.4, -0.2) is 35.9 Å². The Hall–Kier alpha value is -1.56. The smallest absolute Gasteiger partial charge is 0.252 e. The molecular weight excluding hydrogens is 324 g/mol. The van der Waals surface area contributed by atoms with Crippen molar-refractivity contribution >= 4 is 33.4 Å². The van der Waals surface area contributed by atoms with Gasteiger partial charge in [-0.15, -0.1) is 0 Å². The second kappa shape index (κ2) is 5.83. The number of halogens is 1. The standard InChI is InChI=1S/C14H17BrN2O3/c1-8(2)17-13(18)7-11(14(17)19)16-9-4-5-10(15)12(6-9)20-3/h4-6,8,11,16H,7H2,1-3H3. The molecule has 1 atom stereocenters. The molecule has 0 radical (unpaired) electrons. The molecule has 0 spiro atoms. The highest BCUT2D eigenvalue weighted by Gasteiger charge is 2.39. The fourth-order valence-electron chi connectivity index (χ4n) is 2.26. The molecule has 1 aliphatic heterocycles. The molecule has 1 aromatic rings. The molecule has 1 saturated heterocycles. The van der Waals surface area contributed by atoms with Crippen LogP contribution in [0.5, 0.6) is 5.75 Å². The maximum atomic E-state index is 12.2. The Bertz CT molecular complexity index is 545. The number of nitrogens with zero attached hydrogens (tertiary/aromatic N) is 1. The lowest BCUT2D eigenvalue weighted by Crippen LogP contribution is -2.39. The first-order valence-electron chi connectivity index (χ1n) is 6.40. The predicted octanol–water partition coefficient (Wildman–Crippen LogP) is 2.41. The van der Waals surface area contributed by atoms with E-state index in [4.69, 9.17) is 4.74 Å². The number of nitrogens with one attached hydrogen (secondary N) is 1. The van der Waals surface area contributed by atoms with E-state index in [-0.39, 0.29) is 24.3 Å². The van der Waals surface area contributed by atoms with E-state index in [9.17, 15) is 9.59 Å². The SMILES string of the molecule is COc1cc(NC2CC(=O)N(C(C)C)C2=O)ccc1Br. The van der Waals surface area contributed by atoms with Crippen LogP contribution in [0.1, 0.15) is 20.3 Å². The normalized spacial score (nSPS) is 18.9. The lowest BCUT2D eigenvalue weighted by atomic mass is 10.2. The van der Waals surface area contributed by atoms with Crippen molar-refractivity contribution in [2.24, 2.45) is 0 Å². The van der Waals surface area contributed by atoms with Crippen LogP contribution in [0.25, 0.3) is 0 Å². The zero-order valence-electron chi connectivity index (χ0n) is 11.6. The molecule has 20 heavy (non-hydrogen) atoms. The van der Waals surface area contributed by atoms with Crippen molar-refractivity contribution in [3.63, 3.8) is 0 Å². The summed E-state index contributed by atoms with van der Waals surface area (Å²) < 4.78 is 6.04. The zero-order valence-corrected chi connectivity index (χ0v) is 13.2. The summed E-state index contributed by atoms with van der Waals surface area (Å²) in [5, 5.41) is 3.09. The third kappa shape index (κ3) is 2.80. The van der Waals surface area contributed by atoms with Crippen LogP contribution in [0.2, 0.25) is 0 Å². The molecular formula is C14H17BrN2O3. The molecule has 2 amide bonds. The molecule has 1 unspecified atom stereocenters. The van der Waals surface area contributed by atoms with Crippen LogP contribution in [0.4, 0.5) is 5.69 Å². The Labute approximate surface area is 126 Å². The second-order valence-corrected chi connectivity index (χ2v) is 5.80. The highest BCUT2D eigenvalue weighted by atomic mass is 79.9. The van der Waals surface area contributed by atoms with E-state index >= 15 is 0 Å². The lowest BCUT2D eigenvalue weighted by Gasteiger charge is -2.19. The molecule has 1 fully saturated rings. The van der Waals surface area contributed by atoms with Gasteiger partial charge in [0.1, 0.15) is 11.8 Å². The lowest BCUT2D eigenvalue weighted by molar-refractivity contribution is -0.140. The Kier molecular flexibility index (Phi) is 4.32. The number of likely N-dealkylation sites (tertiary alicyclic amines) is 1. The van der Waals surface area contributed by atoms with Gasteiger partial charge in [0.15, 0.2) is 0 Å². The van der Waals surface area contributed by atoms with Crippen LogP contribution in [0.3, 0.4) is 0 Å². The van der Waals surface area contributed by atoms with Gasteiger partial charge in [-0.25, -0.2) is 0 Å². The molecule has 0 aromatic heterocycles. The van der Waals surface area contributed by atoms with Gasteiger partial charge in [0.25, 0.3) is 5.91 Å². The predicted molar refractivity (Wildman–Crippen MR) is 79.7 cm³/mol. The van der Waals surface area contributed by atoms with Gasteiger partial charge in [-0.05, 0) is 41.9 Å². The van der Waals surface area contributed by atoms with E-state index in [0.717, 1.165) is 10.2 Å². The average Bonchev–Trinajstić information content (AvgIpc) is 2.66. The molecule has 0 saturated carbocycles. The number of ether oxygens (including phenoxy) is 1. The maximum absolute atomic E-state index is 12.2. The Balaban J connectivity index is 2.15. The summed E-state index contributed by atoms with van der Waals surface area (Å²) in [6.45, 7) is 3.67. The van der Waals surface area contributed by atoms with E-state index in [0.29, 0.717) is 5.75 Å². The van der Waals surface area contributed by atoms with Crippen molar-refractivity contribution in [2.45, 2.75) is 32.4 Å². The minimum absolute atomic E-state index is 0.110. The highest BCUT2D eigenvalue weighted by molar-refractivity contribution is 9.10. The van der Waals surface area contributed by atoms with Gasteiger partial charge in [-0.2, -0.15) is 0 Å². The topological polar surface area (TPSA) is 58.6 Å². The summed E-state index contributed by atoms with van der Waals surface area (Å²) in [6, 6.07) is 4.85. The van der Waals surface area contributed by atoms with Crippen molar-refractivity contribution in [1.29, 1.82) is 0 Å². The van der Waals surface area contributed by atoms with Gasteiger partial charge < -0.3 is 10.1 Å². The molecule has 2 rings (SSSR count).